The molecule has 30 nitrogen and oxygen atoms in total. The summed E-state index contributed by atoms with van der Waals surface area (Å²) in [5.74, 6) is 0.728. The van der Waals surface area contributed by atoms with Crippen LogP contribution in [0.2, 0.25) is 0 Å². The number of amidine groups is 1. The van der Waals surface area contributed by atoms with Gasteiger partial charge >= 0.3 is 18.3 Å². The van der Waals surface area contributed by atoms with E-state index in [4.69, 9.17) is 42.6 Å². The maximum absolute atomic E-state index is 13.1. The second kappa shape index (κ2) is 59.3. The van der Waals surface area contributed by atoms with Crippen molar-refractivity contribution in [1.82, 2.24) is 45.3 Å². The predicted molar refractivity (Wildman–Crippen MR) is 479 cm³/mol. The topological polar surface area (TPSA) is 428 Å². The molecule has 3 aromatic rings. The molecule has 0 aliphatic heterocycles. The fourth-order valence-electron chi connectivity index (χ4n) is 14.9. The van der Waals surface area contributed by atoms with Crippen LogP contribution in [0.3, 0.4) is 0 Å². The summed E-state index contributed by atoms with van der Waals surface area (Å²) in [7, 11) is 17.3. The number of guanidine groups is 1. The van der Waals surface area contributed by atoms with Gasteiger partial charge in [-0.2, -0.15) is 0 Å². The van der Waals surface area contributed by atoms with E-state index in [1.807, 2.05) is 50.2 Å². The molecule has 0 saturated carbocycles. The monoisotopic (exact) mass is 1690 g/mol. The number of aliphatic imine (C=N–C) groups is 1. The highest BCUT2D eigenvalue weighted by Crippen LogP contribution is 2.34. The van der Waals surface area contributed by atoms with Gasteiger partial charge in [-0.15, -0.1) is 0 Å². The minimum absolute atomic E-state index is 0.0359. The molecule has 9 atom stereocenters. The van der Waals surface area contributed by atoms with Crippen molar-refractivity contribution >= 4 is 82.5 Å². The number of ketones is 6. The molecule has 0 radical (unpaired) electrons. The molecule has 0 aliphatic rings. The third-order valence-electron chi connectivity index (χ3n) is 20.7. The summed E-state index contributed by atoms with van der Waals surface area (Å²) in [6.07, 6.45) is 6.77. The van der Waals surface area contributed by atoms with Gasteiger partial charge in [0.05, 0.1) is 37.2 Å². The average molecular weight is 1700 g/mol. The number of nitrogens with one attached hydrogen (secondary N) is 4. The molecule has 121 heavy (non-hydrogen) atoms. The van der Waals surface area contributed by atoms with Gasteiger partial charge in [0.25, 0.3) is 0 Å². The molecule has 30 heteroatoms. The first-order valence-electron chi connectivity index (χ1n) is 42.9. The highest BCUT2D eigenvalue weighted by atomic mass is 16.6. The average Bonchev–Trinajstić information content (AvgIpc) is 0.852. The van der Waals surface area contributed by atoms with E-state index >= 15 is 0 Å². The van der Waals surface area contributed by atoms with Gasteiger partial charge in [-0.3, -0.25) is 53.6 Å². The van der Waals surface area contributed by atoms with E-state index in [9.17, 15) is 57.5 Å². The zero-order chi connectivity index (χ0) is 91.6. The summed E-state index contributed by atoms with van der Waals surface area (Å²) in [4.78, 5) is 162. The van der Waals surface area contributed by atoms with E-state index in [1.165, 1.54) is 35.5 Å². The molecular weight excluding hydrogens is 1540 g/mol. The van der Waals surface area contributed by atoms with Crippen LogP contribution >= 0.6 is 0 Å². The molecule has 0 unspecified atom stereocenters. The highest BCUT2D eigenvalue weighted by Gasteiger charge is 2.31. The Morgan fingerprint density at radius 1 is 0.488 bits per heavy atom. The zero-order valence-corrected chi connectivity index (χ0v) is 76.7. The van der Waals surface area contributed by atoms with Crippen molar-refractivity contribution in [3.8, 4) is 17.2 Å². The highest BCUT2D eigenvalue weighted by molar-refractivity contribution is 6.00. The van der Waals surface area contributed by atoms with Gasteiger partial charge in [-0.25, -0.2) is 14.4 Å². The molecule has 3 rings (SSSR count). The van der Waals surface area contributed by atoms with Crippen LogP contribution in [-0.2, 0) is 43.2 Å². The van der Waals surface area contributed by atoms with Crippen molar-refractivity contribution in [2.75, 3.05) is 122 Å². The summed E-state index contributed by atoms with van der Waals surface area (Å²) >= 11 is 0. The van der Waals surface area contributed by atoms with Crippen LogP contribution in [-0.4, -0.2) is 246 Å². The van der Waals surface area contributed by atoms with Gasteiger partial charge < -0.3 is 82.5 Å². The van der Waals surface area contributed by atoms with Crippen LogP contribution in [0, 0.1) is 34.5 Å². The largest absolute Gasteiger partial charge is 0.414 e. The van der Waals surface area contributed by atoms with Gasteiger partial charge in [0, 0.05) is 105 Å². The van der Waals surface area contributed by atoms with Crippen LogP contribution in [0.15, 0.2) is 77.8 Å². The van der Waals surface area contributed by atoms with Crippen LogP contribution < -0.4 is 53.1 Å². The van der Waals surface area contributed by atoms with Crippen molar-refractivity contribution < 1.29 is 71.7 Å². The molecule has 680 valence electrons. The quantitative estimate of drug-likeness (QED) is 0.0113. The molecule has 0 saturated heterocycles. The summed E-state index contributed by atoms with van der Waals surface area (Å²) in [6.45, 7) is 26.0. The van der Waals surface area contributed by atoms with E-state index < -0.39 is 53.5 Å². The Morgan fingerprint density at radius 2 is 0.860 bits per heavy atom. The molecule has 0 aromatic heterocycles. The molecular formula is C91H151N15O15. The summed E-state index contributed by atoms with van der Waals surface area (Å²) in [5.41, 5.74) is 24.6. The maximum atomic E-state index is 13.1. The number of nitrogens with two attached hydrogens (primary N) is 4. The Hall–Kier alpha value is -9.52. The maximum Gasteiger partial charge on any atom is 0.414 e. The van der Waals surface area contributed by atoms with E-state index in [0.717, 1.165) is 62.0 Å². The number of Topliss-reactive ketones (excluding diaryl/α,β-unsaturated/α-hetero) is 6. The van der Waals surface area contributed by atoms with Gasteiger partial charge in [-0.05, 0) is 241 Å². The first-order chi connectivity index (χ1) is 56.8. The molecule has 3 aromatic carbocycles. The van der Waals surface area contributed by atoms with Crippen molar-refractivity contribution in [2.45, 2.75) is 234 Å². The number of amides is 6. The lowest BCUT2D eigenvalue weighted by molar-refractivity contribution is -0.132. The van der Waals surface area contributed by atoms with Crippen molar-refractivity contribution in [2.24, 2.45) is 57.0 Å². The number of carbonyl (C=O) groups excluding carboxylic acids is 12. The number of benzene rings is 3. The Labute approximate surface area is 722 Å². The third-order valence-corrected chi connectivity index (χ3v) is 20.7. The number of rotatable bonds is 56. The Balaban J connectivity index is 0.000000909. The second-order valence-corrected chi connectivity index (χ2v) is 34.1. The normalized spacial score (nSPS) is 13.4. The summed E-state index contributed by atoms with van der Waals surface area (Å²) < 4.78 is 17.0. The van der Waals surface area contributed by atoms with Crippen LogP contribution in [0.25, 0.3) is 0 Å². The Kier molecular flexibility index (Phi) is 53.6. The smallest absolute Gasteiger partial charge is 0.410 e. The van der Waals surface area contributed by atoms with Crippen LogP contribution in [0.4, 0.5) is 14.4 Å². The zero-order valence-electron chi connectivity index (χ0n) is 76.7. The van der Waals surface area contributed by atoms with Crippen LogP contribution in [0.1, 0.15) is 239 Å². The van der Waals surface area contributed by atoms with E-state index in [0.29, 0.717) is 150 Å². The SMILES string of the molecule is CC[C@@H](c1cccc(OC(=O)N(C)CC(C)(C)CNC(=O)[C@H](CCCN=C(N)N)CC(=O)CC(C)=O)c1)[C@@H](C)CN(C)C.CC[C@@H](c1cccc(OC(=O)N(C)CCCC(=O)[C@H](CCCCC(=N)N)NC(=O)CC(C)=O)c1)[C@@H](C)CN(C)C.CC[C@@H](c1cccc(OC(=O)N(C)CCCC(=O)[C@H](CCCCN)NC(=O)CC(C)=O)c1)[C@@H](C)CN(C)C. The fourth-order valence-corrected chi connectivity index (χ4v) is 14.9. The van der Waals surface area contributed by atoms with E-state index in [1.54, 1.807) is 39.3 Å². The number of ether oxygens (including phenoxy) is 3. The lowest BCUT2D eigenvalue weighted by Gasteiger charge is -2.31. The standard InChI is InChI=1S/C32H54N6O5.C30H49N5O5.C29H48N4O5/c1-9-28(22(2)19-37(6)7)24-12-10-14-27(18-24)43-31(42)38(8)21-32(4,5)20-36-29(41)25(13-11-15-35-30(33)34)17-26(40)16-23(3)39;1-7-25(21(2)20-34(4)5)23-12-10-13-24(19-23)40-30(39)35(6)17-11-15-27(37)26(14-8-9-16-28(31)32)33-29(38)18-22(3)36;1-7-25(21(2)20-32(4)5)23-12-10-13-24(19-23)38-29(37)33(6)17-11-15-27(35)26(14-8-9-16-30)31-28(36)18-22(3)34/h10,12,14,18,22,25,28H,9,11,13,15-17,19-21H2,1-8H3,(H,36,41)(H4,33,34,35);10,12-13,19,21,25-26H,7-9,11,14-18,20H2,1-6H3,(H3,31,32)(H,33,38);10,12-13,19,21,25-26H,7-9,11,14-18,20,30H2,1-6H3,(H,31,36)/t22-,25+,28+;2*21-,25+,26-/m000/s1. The van der Waals surface area contributed by atoms with Crippen molar-refractivity contribution in [3.63, 3.8) is 0 Å². The molecule has 0 bridgehead atoms. The summed E-state index contributed by atoms with van der Waals surface area (Å²) in [6, 6.07) is 21.7. The predicted octanol–water partition coefficient (Wildman–Crippen LogP) is 11.4. The van der Waals surface area contributed by atoms with Gasteiger partial charge in [-0.1, -0.05) is 98.2 Å². The number of hydrogen-bond donors (Lipinski definition) is 8. The minimum Gasteiger partial charge on any atom is -0.410 e. The van der Waals surface area contributed by atoms with Gasteiger partial charge in [0.15, 0.2) is 17.5 Å². The second-order valence-electron chi connectivity index (χ2n) is 34.1. The molecule has 0 spiro atoms. The molecule has 0 aliphatic carbocycles. The van der Waals surface area contributed by atoms with Gasteiger partial charge in [0.2, 0.25) is 17.7 Å². The summed E-state index contributed by atoms with van der Waals surface area (Å²) in [5, 5.41) is 15.6. The molecule has 6 amide bonds. The first kappa shape index (κ1) is 109. The molecule has 12 N–H and O–H groups in total. The molecule has 0 fully saturated rings. The van der Waals surface area contributed by atoms with Crippen molar-refractivity contribution in [1.29, 1.82) is 5.41 Å². The van der Waals surface area contributed by atoms with Gasteiger partial charge in [0.1, 0.15) is 40.4 Å². The van der Waals surface area contributed by atoms with E-state index in [2.05, 4.69) is 138 Å². The lowest BCUT2D eigenvalue weighted by Crippen LogP contribution is -2.45. The number of nitrogens with zero attached hydrogens (tertiary/aromatic N) is 7. The Morgan fingerprint density at radius 3 is 1.20 bits per heavy atom. The third kappa shape index (κ3) is 48.1. The number of unbranched alkanes of at least 4 members (excludes halogenated alkanes) is 2. The minimum atomic E-state index is -0.722. The van der Waals surface area contributed by atoms with Crippen molar-refractivity contribution in [3.05, 3.63) is 89.5 Å². The Bertz CT molecular complexity index is 3750. The number of hydrogen-bond acceptors (Lipinski definition) is 21. The van der Waals surface area contributed by atoms with Crippen LogP contribution in [0.5, 0.6) is 17.2 Å². The lowest BCUT2D eigenvalue weighted by atomic mass is 9.85. The van der Waals surface area contributed by atoms with E-state index in [-0.39, 0.29) is 97.5 Å². The fraction of sp³-hybridized carbons (Fsp3) is 0.648. The molecule has 0 heterocycles. The first-order valence-corrected chi connectivity index (χ1v) is 42.9. The number of carbonyl (C=O) groups is 12.